The number of allylic oxidation sites excluding steroid dienone is 1. The maximum Gasteiger partial charge on any atom is 0.311 e. The molecule has 0 fully saturated rings. The molecule has 1 unspecified atom stereocenters. The highest BCUT2D eigenvalue weighted by Gasteiger charge is 2.32. The summed E-state index contributed by atoms with van der Waals surface area (Å²) in [5.74, 6) is -1.75. The largest absolute Gasteiger partial charge is 0.447 e. The first-order valence-corrected chi connectivity index (χ1v) is 6.49. The van der Waals surface area contributed by atoms with Gasteiger partial charge in [-0.25, -0.2) is 0 Å². The smallest absolute Gasteiger partial charge is 0.311 e. The van der Waals surface area contributed by atoms with Gasteiger partial charge < -0.3 is 4.74 Å². The molecular weight excluding hydrogens is 294 g/mol. The first-order chi connectivity index (χ1) is 9.95. The molecule has 6 heteroatoms. The predicted molar refractivity (Wildman–Crippen MR) is 73.8 cm³/mol. The Morgan fingerprint density at radius 3 is 2.43 bits per heavy atom. The van der Waals surface area contributed by atoms with Crippen LogP contribution in [0.4, 0.5) is 0 Å². The molecule has 0 bridgehead atoms. The Morgan fingerprint density at radius 2 is 1.86 bits per heavy atom. The summed E-state index contributed by atoms with van der Waals surface area (Å²) >= 11 is 5.91. The van der Waals surface area contributed by atoms with E-state index >= 15 is 0 Å². The molecule has 1 atom stereocenters. The molecule has 0 aliphatic heterocycles. The summed E-state index contributed by atoms with van der Waals surface area (Å²) in [6, 6.07) is 7.99. The average Bonchev–Trinajstić information content (AvgIpc) is 2.49. The maximum absolute atomic E-state index is 12.3. The van der Waals surface area contributed by atoms with Crippen LogP contribution in [0.15, 0.2) is 34.9 Å². The Hall–Kier alpha value is -2.45. The number of rotatable bonds is 3. The summed E-state index contributed by atoms with van der Waals surface area (Å²) in [6.45, 7) is 1.40. The average molecular weight is 304 g/mol. The summed E-state index contributed by atoms with van der Waals surface area (Å²) in [4.78, 5) is 36.0. The minimum Gasteiger partial charge on any atom is -0.447 e. The number of fused-ring (bicyclic) bond motifs is 1. The molecule has 0 spiro atoms. The highest BCUT2D eigenvalue weighted by Crippen LogP contribution is 2.30. The van der Waals surface area contributed by atoms with Crippen LogP contribution in [0.1, 0.15) is 34.1 Å². The number of benzene rings is 1. The number of ether oxygens (including phenoxy) is 1. The number of carbonyl (C=O) groups is 3. The Bertz CT molecular complexity index is 715. The van der Waals surface area contributed by atoms with Crippen LogP contribution in [0.2, 0.25) is 0 Å². The second-order valence-corrected chi connectivity index (χ2v) is 4.81. The van der Waals surface area contributed by atoms with Gasteiger partial charge in [0, 0.05) is 16.7 Å². The van der Waals surface area contributed by atoms with Crippen LogP contribution in [0.5, 0.6) is 0 Å². The van der Waals surface area contributed by atoms with Gasteiger partial charge in [0.1, 0.15) is 6.07 Å². The monoisotopic (exact) mass is 303 g/mol. The lowest BCUT2D eigenvalue weighted by atomic mass is 9.88. The van der Waals surface area contributed by atoms with E-state index in [1.54, 1.807) is 18.2 Å². The van der Waals surface area contributed by atoms with E-state index in [2.05, 4.69) is 0 Å². The number of Topliss-reactive ketones (excluding diaryl/α,β-unsaturated/α-hetero) is 2. The van der Waals surface area contributed by atoms with Gasteiger partial charge in [-0.15, -0.1) is 0 Å². The van der Waals surface area contributed by atoms with Crippen LogP contribution < -0.4 is 0 Å². The number of nitrogens with zero attached hydrogens (tertiary/aromatic N) is 1. The Kier molecular flexibility index (Phi) is 4.20. The standard InChI is InChI=1S/C15H10ClNO4/c1-8(7-17)21-12(18)6-11-13(16)15(20)10-5-3-2-4-9(10)14(11)19/h2-5,8H,6H2,1H3. The molecule has 0 heterocycles. The Balaban J connectivity index is 2.31. The fraction of sp³-hybridized carbons (Fsp3) is 0.200. The molecule has 0 aromatic heterocycles. The summed E-state index contributed by atoms with van der Waals surface area (Å²) in [6.07, 6.45) is -1.37. The number of nitriles is 1. The molecule has 2 rings (SSSR count). The van der Waals surface area contributed by atoms with Crippen molar-refractivity contribution in [2.45, 2.75) is 19.4 Å². The lowest BCUT2D eigenvalue weighted by Crippen LogP contribution is -2.23. The zero-order valence-electron chi connectivity index (χ0n) is 11.1. The number of hydrogen-bond donors (Lipinski definition) is 0. The van der Waals surface area contributed by atoms with Crippen molar-refractivity contribution in [2.75, 3.05) is 0 Å². The number of carbonyl (C=O) groups excluding carboxylic acids is 3. The van der Waals surface area contributed by atoms with E-state index in [0.717, 1.165) is 0 Å². The van der Waals surface area contributed by atoms with Gasteiger partial charge >= 0.3 is 5.97 Å². The molecular formula is C15H10ClNO4. The van der Waals surface area contributed by atoms with Crippen molar-refractivity contribution < 1.29 is 19.1 Å². The van der Waals surface area contributed by atoms with Gasteiger partial charge in [-0.3, -0.25) is 14.4 Å². The number of ketones is 2. The van der Waals surface area contributed by atoms with Crippen LogP contribution in [-0.2, 0) is 9.53 Å². The number of hydrogen-bond acceptors (Lipinski definition) is 5. The minimum atomic E-state index is -0.932. The first kappa shape index (κ1) is 14.9. The molecule has 0 amide bonds. The molecule has 5 nitrogen and oxygen atoms in total. The van der Waals surface area contributed by atoms with Gasteiger partial charge in [-0.2, -0.15) is 5.26 Å². The predicted octanol–water partition coefficient (Wildman–Crippen LogP) is 2.40. The highest BCUT2D eigenvalue weighted by molar-refractivity contribution is 6.50. The molecule has 21 heavy (non-hydrogen) atoms. The third-order valence-electron chi connectivity index (χ3n) is 2.97. The van der Waals surface area contributed by atoms with Crippen LogP contribution in [-0.4, -0.2) is 23.6 Å². The van der Waals surface area contributed by atoms with Crippen molar-refractivity contribution in [1.29, 1.82) is 5.26 Å². The third kappa shape index (κ3) is 2.86. The summed E-state index contributed by atoms with van der Waals surface area (Å²) in [5.41, 5.74) is 0.327. The van der Waals surface area contributed by atoms with Gasteiger partial charge in [0.15, 0.2) is 11.9 Å². The van der Waals surface area contributed by atoms with Crippen molar-refractivity contribution in [3.05, 3.63) is 46.0 Å². The molecule has 1 aliphatic carbocycles. The zero-order valence-corrected chi connectivity index (χ0v) is 11.8. The molecule has 0 N–H and O–H groups in total. The molecule has 1 aliphatic rings. The summed E-state index contributed by atoms with van der Waals surface area (Å²) in [5, 5.41) is 8.30. The molecule has 0 saturated carbocycles. The Labute approximate surface area is 125 Å². The fourth-order valence-corrected chi connectivity index (χ4v) is 2.22. The molecule has 1 aromatic carbocycles. The van der Waals surface area contributed by atoms with Crippen molar-refractivity contribution in [3.63, 3.8) is 0 Å². The molecule has 106 valence electrons. The topological polar surface area (TPSA) is 84.2 Å². The lowest BCUT2D eigenvalue weighted by Gasteiger charge is -2.17. The summed E-state index contributed by atoms with van der Waals surface area (Å²) in [7, 11) is 0. The van der Waals surface area contributed by atoms with Gasteiger partial charge in [-0.1, -0.05) is 35.9 Å². The number of esters is 1. The minimum absolute atomic E-state index is 0.101. The van der Waals surface area contributed by atoms with E-state index in [9.17, 15) is 14.4 Å². The SMILES string of the molecule is CC(C#N)OC(=O)CC1=C(Cl)C(=O)c2ccccc2C1=O. The van der Waals surface area contributed by atoms with E-state index < -0.39 is 30.1 Å². The Morgan fingerprint density at radius 1 is 1.29 bits per heavy atom. The van der Waals surface area contributed by atoms with E-state index in [0.29, 0.717) is 0 Å². The highest BCUT2D eigenvalue weighted by atomic mass is 35.5. The normalized spacial score (nSPS) is 15.3. The van der Waals surface area contributed by atoms with Crippen molar-refractivity contribution in [3.8, 4) is 6.07 Å². The van der Waals surface area contributed by atoms with Crippen molar-refractivity contribution in [1.82, 2.24) is 0 Å². The van der Waals surface area contributed by atoms with Crippen LogP contribution >= 0.6 is 11.6 Å². The maximum atomic E-state index is 12.3. The first-order valence-electron chi connectivity index (χ1n) is 6.12. The van der Waals surface area contributed by atoms with Crippen molar-refractivity contribution >= 4 is 29.1 Å². The van der Waals surface area contributed by atoms with E-state index in [1.807, 2.05) is 0 Å². The second-order valence-electron chi connectivity index (χ2n) is 4.43. The van der Waals surface area contributed by atoms with E-state index in [4.69, 9.17) is 21.6 Å². The number of halogens is 1. The summed E-state index contributed by atoms with van der Waals surface area (Å²) < 4.78 is 4.77. The van der Waals surface area contributed by atoms with E-state index in [1.165, 1.54) is 19.1 Å². The van der Waals surface area contributed by atoms with Gasteiger partial charge in [0.05, 0.1) is 11.5 Å². The van der Waals surface area contributed by atoms with Gasteiger partial charge in [-0.05, 0) is 6.92 Å². The third-order valence-corrected chi connectivity index (χ3v) is 3.37. The van der Waals surface area contributed by atoms with Gasteiger partial charge in [0.25, 0.3) is 0 Å². The van der Waals surface area contributed by atoms with Crippen molar-refractivity contribution in [2.24, 2.45) is 0 Å². The second kappa shape index (κ2) is 5.90. The fourth-order valence-electron chi connectivity index (χ4n) is 1.96. The van der Waals surface area contributed by atoms with Crippen LogP contribution in [0, 0.1) is 11.3 Å². The quantitative estimate of drug-likeness (QED) is 0.801. The van der Waals surface area contributed by atoms with E-state index in [-0.39, 0.29) is 21.7 Å². The molecule has 1 aromatic rings. The molecule has 0 saturated heterocycles. The van der Waals surface area contributed by atoms with Crippen LogP contribution in [0.3, 0.4) is 0 Å². The molecule has 0 radical (unpaired) electrons. The van der Waals surface area contributed by atoms with Crippen LogP contribution in [0.25, 0.3) is 0 Å². The van der Waals surface area contributed by atoms with Gasteiger partial charge in [0.2, 0.25) is 5.78 Å². The lowest BCUT2D eigenvalue weighted by molar-refractivity contribution is -0.144. The zero-order chi connectivity index (χ0) is 15.6.